The Labute approximate surface area is 153 Å². The molecule has 6 atom stereocenters. The standard InChI is InChI=1S/C20H26O6/c1-4-20(7-5-6-8-20)26-19(23)14-12-9-11-13(14)18(22)25-16(11)15(12)24-17(21)10(2)3/h11-16H,2,4-9H2,1,3H3. The first-order valence-electron chi connectivity index (χ1n) is 9.67. The molecule has 6 nitrogen and oxygen atoms in total. The number of ether oxygens (including phenoxy) is 3. The highest BCUT2D eigenvalue weighted by molar-refractivity contribution is 5.88. The van der Waals surface area contributed by atoms with Gasteiger partial charge in [-0.3, -0.25) is 9.59 Å². The molecule has 4 aliphatic rings. The third-order valence-electron chi connectivity index (χ3n) is 6.89. The van der Waals surface area contributed by atoms with Crippen LogP contribution in [-0.2, 0) is 28.6 Å². The molecule has 1 saturated heterocycles. The Morgan fingerprint density at radius 3 is 2.58 bits per heavy atom. The molecule has 6 heteroatoms. The smallest absolute Gasteiger partial charge is 0.333 e. The molecule has 2 bridgehead atoms. The van der Waals surface area contributed by atoms with Crippen LogP contribution < -0.4 is 0 Å². The second-order valence-electron chi connectivity index (χ2n) is 8.33. The molecule has 6 unspecified atom stereocenters. The number of carbonyl (C=O) groups excluding carboxylic acids is 3. The van der Waals surface area contributed by atoms with Crippen molar-refractivity contribution in [3.8, 4) is 0 Å². The SMILES string of the molecule is C=C(C)C(=O)OC1C2CC3C1OC(=O)C3C2C(=O)OC1(CC)CCCC1. The maximum atomic E-state index is 13.1. The summed E-state index contributed by atoms with van der Waals surface area (Å²) in [5, 5.41) is 0. The number of hydrogen-bond donors (Lipinski definition) is 0. The molecule has 1 heterocycles. The zero-order valence-corrected chi connectivity index (χ0v) is 15.4. The lowest BCUT2D eigenvalue weighted by Gasteiger charge is -2.34. The van der Waals surface area contributed by atoms with E-state index in [0.717, 1.165) is 32.1 Å². The Morgan fingerprint density at radius 2 is 1.96 bits per heavy atom. The van der Waals surface area contributed by atoms with E-state index in [0.29, 0.717) is 12.0 Å². The van der Waals surface area contributed by atoms with Crippen molar-refractivity contribution in [1.82, 2.24) is 0 Å². The summed E-state index contributed by atoms with van der Waals surface area (Å²) in [7, 11) is 0. The fourth-order valence-electron chi connectivity index (χ4n) is 5.52. The summed E-state index contributed by atoms with van der Waals surface area (Å²) in [5.41, 5.74) is -0.103. The summed E-state index contributed by atoms with van der Waals surface area (Å²) in [4.78, 5) is 37.4. The molecule has 3 aliphatic carbocycles. The predicted octanol–water partition coefficient (Wildman–Crippen LogP) is 2.55. The van der Waals surface area contributed by atoms with Crippen molar-refractivity contribution in [3.63, 3.8) is 0 Å². The summed E-state index contributed by atoms with van der Waals surface area (Å²) in [5.74, 6) is -2.47. The maximum Gasteiger partial charge on any atom is 0.333 e. The van der Waals surface area contributed by atoms with Crippen molar-refractivity contribution in [3.05, 3.63) is 12.2 Å². The average Bonchev–Trinajstić information content (AvgIpc) is 3.32. The van der Waals surface area contributed by atoms with Gasteiger partial charge in [0.25, 0.3) is 0 Å². The molecule has 0 spiro atoms. The van der Waals surface area contributed by atoms with Gasteiger partial charge in [-0.25, -0.2) is 4.79 Å². The fourth-order valence-corrected chi connectivity index (χ4v) is 5.52. The molecule has 0 radical (unpaired) electrons. The van der Waals surface area contributed by atoms with Crippen molar-refractivity contribution >= 4 is 17.9 Å². The predicted molar refractivity (Wildman–Crippen MR) is 90.7 cm³/mol. The van der Waals surface area contributed by atoms with Crippen LogP contribution in [0.3, 0.4) is 0 Å². The topological polar surface area (TPSA) is 78.9 Å². The number of hydrogen-bond acceptors (Lipinski definition) is 6. The molecule has 0 aromatic carbocycles. The van der Waals surface area contributed by atoms with E-state index in [1.165, 1.54) is 0 Å². The Bertz CT molecular complexity index is 661. The van der Waals surface area contributed by atoms with Crippen LogP contribution in [0, 0.1) is 23.7 Å². The summed E-state index contributed by atoms with van der Waals surface area (Å²) < 4.78 is 17.0. The van der Waals surface area contributed by atoms with E-state index in [-0.39, 0.29) is 23.8 Å². The van der Waals surface area contributed by atoms with Crippen molar-refractivity contribution in [1.29, 1.82) is 0 Å². The lowest BCUT2D eigenvalue weighted by Crippen LogP contribution is -2.45. The maximum absolute atomic E-state index is 13.1. The zero-order chi connectivity index (χ0) is 18.6. The largest absolute Gasteiger partial charge is 0.459 e. The van der Waals surface area contributed by atoms with Gasteiger partial charge < -0.3 is 14.2 Å². The van der Waals surface area contributed by atoms with Crippen LogP contribution in [0.25, 0.3) is 0 Å². The molecule has 1 aliphatic heterocycles. The minimum atomic E-state index is -0.578. The van der Waals surface area contributed by atoms with Gasteiger partial charge in [-0.2, -0.15) is 0 Å². The summed E-state index contributed by atoms with van der Waals surface area (Å²) in [6, 6.07) is 0. The van der Waals surface area contributed by atoms with Crippen molar-refractivity contribution in [2.24, 2.45) is 23.7 Å². The summed E-state index contributed by atoms with van der Waals surface area (Å²) in [6.45, 7) is 7.22. The minimum Gasteiger partial charge on any atom is -0.459 e. The molecule has 4 fully saturated rings. The number of fused-ring (bicyclic) bond motifs is 1. The van der Waals surface area contributed by atoms with Gasteiger partial charge in [-0.15, -0.1) is 0 Å². The first-order valence-corrected chi connectivity index (χ1v) is 9.67. The Kier molecular flexibility index (Phi) is 4.12. The normalized spacial score (nSPS) is 38.9. The molecule has 0 aromatic rings. The number of esters is 3. The quantitative estimate of drug-likeness (QED) is 0.425. The molecular formula is C20H26O6. The van der Waals surface area contributed by atoms with Crippen LogP contribution in [0.15, 0.2) is 12.2 Å². The molecule has 142 valence electrons. The minimum absolute atomic E-state index is 0.0610. The third-order valence-corrected chi connectivity index (χ3v) is 6.89. The molecule has 4 rings (SSSR count). The molecule has 3 saturated carbocycles. The highest BCUT2D eigenvalue weighted by atomic mass is 16.6. The molecule has 0 amide bonds. The van der Waals surface area contributed by atoms with Crippen molar-refractivity contribution in [2.75, 3.05) is 0 Å². The van der Waals surface area contributed by atoms with E-state index in [2.05, 4.69) is 6.58 Å². The lowest BCUT2D eigenvalue weighted by molar-refractivity contribution is -0.174. The lowest BCUT2D eigenvalue weighted by atomic mass is 9.78. The highest BCUT2D eigenvalue weighted by Gasteiger charge is 2.70. The van der Waals surface area contributed by atoms with Crippen LogP contribution in [-0.4, -0.2) is 35.7 Å². The van der Waals surface area contributed by atoms with Gasteiger partial charge in [0, 0.05) is 17.4 Å². The Morgan fingerprint density at radius 1 is 1.27 bits per heavy atom. The number of rotatable bonds is 5. The second-order valence-corrected chi connectivity index (χ2v) is 8.33. The van der Waals surface area contributed by atoms with Crippen LogP contribution in [0.2, 0.25) is 0 Å². The average molecular weight is 362 g/mol. The van der Waals surface area contributed by atoms with Crippen LogP contribution >= 0.6 is 0 Å². The van der Waals surface area contributed by atoms with Gasteiger partial charge in [-0.1, -0.05) is 13.5 Å². The van der Waals surface area contributed by atoms with E-state index < -0.39 is 35.6 Å². The number of carbonyl (C=O) groups is 3. The van der Waals surface area contributed by atoms with Gasteiger partial charge >= 0.3 is 17.9 Å². The highest BCUT2D eigenvalue weighted by Crippen LogP contribution is 2.59. The van der Waals surface area contributed by atoms with E-state index in [1.807, 2.05) is 6.92 Å². The van der Waals surface area contributed by atoms with Crippen LogP contribution in [0.5, 0.6) is 0 Å². The summed E-state index contributed by atoms with van der Waals surface area (Å²) >= 11 is 0. The van der Waals surface area contributed by atoms with Gasteiger partial charge in [0.2, 0.25) is 0 Å². The first-order chi connectivity index (χ1) is 12.4. The van der Waals surface area contributed by atoms with Gasteiger partial charge in [0.1, 0.15) is 17.8 Å². The Balaban J connectivity index is 1.56. The Hall–Kier alpha value is -1.85. The van der Waals surface area contributed by atoms with Crippen LogP contribution in [0.1, 0.15) is 52.4 Å². The van der Waals surface area contributed by atoms with Crippen molar-refractivity contribution < 1.29 is 28.6 Å². The summed E-state index contributed by atoms with van der Waals surface area (Å²) in [6.07, 6.45) is 4.31. The first kappa shape index (κ1) is 17.6. The third kappa shape index (κ3) is 2.48. The molecule has 0 aromatic heterocycles. The van der Waals surface area contributed by atoms with E-state index in [4.69, 9.17) is 14.2 Å². The van der Waals surface area contributed by atoms with Gasteiger partial charge in [-0.05, 0) is 45.4 Å². The molecule has 0 N–H and O–H groups in total. The monoisotopic (exact) mass is 362 g/mol. The van der Waals surface area contributed by atoms with Gasteiger partial charge in [0.05, 0.1) is 11.8 Å². The molecular weight excluding hydrogens is 336 g/mol. The van der Waals surface area contributed by atoms with E-state index >= 15 is 0 Å². The van der Waals surface area contributed by atoms with E-state index in [9.17, 15) is 14.4 Å². The van der Waals surface area contributed by atoms with Gasteiger partial charge in [0.15, 0.2) is 0 Å². The van der Waals surface area contributed by atoms with E-state index in [1.54, 1.807) is 6.92 Å². The molecule has 26 heavy (non-hydrogen) atoms. The zero-order valence-electron chi connectivity index (χ0n) is 15.4. The van der Waals surface area contributed by atoms with Crippen LogP contribution in [0.4, 0.5) is 0 Å². The van der Waals surface area contributed by atoms with Crippen molar-refractivity contribution in [2.45, 2.75) is 70.2 Å². The fraction of sp³-hybridized carbons (Fsp3) is 0.750. The second kappa shape index (κ2) is 6.10.